The Bertz CT molecular complexity index is 214. The summed E-state index contributed by atoms with van der Waals surface area (Å²) in [6, 6.07) is 1.77. The molecule has 2 fully saturated rings. The molecule has 0 aromatic carbocycles. The number of rotatable bonds is 5. The summed E-state index contributed by atoms with van der Waals surface area (Å²) in [5, 5.41) is 0. The molecule has 2 nitrogen and oxygen atoms in total. The van der Waals surface area contributed by atoms with Gasteiger partial charge in [0.25, 0.3) is 0 Å². The molecule has 0 N–H and O–H groups in total. The molecule has 0 spiro atoms. The standard InChI is InChI=1S/C17H34N2/c1-4-15-7-9-16(10-8-15)19(6-3)17-11-13-18(5-2)14-12-17/h15-17H,4-14H2,1-3H3. The number of piperidine rings is 1. The zero-order valence-corrected chi connectivity index (χ0v) is 13.4. The topological polar surface area (TPSA) is 6.48 Å². The predicted molar refractivity (Wildman–Crippen MR) is 83.6 cm³/mol. The molecule has 2 heteroatoms. The average Bonchev–Trinajstić information content (AvgIpc) is 2.49. The molecule has 0 aromatic heterocycles. The van der Waals surface area contributed by atoms with Crippen molar-refractivity contribution in [2.45, 2.75) is 77.8 Å². The molecule has 1 saturated carbocycles. The first-order valence-electron chi connectivity index (χ1n) is 8.76. The smallest absolute Gasteiger partial charge is 0.0122 e. The van der Waals surface area contributed by atoms with Crippen molar-refractivity contribution in [3.63, 3.8) is 0 Å². The van der Waals surface area contributed by atoms with Crippen LogP contribution in [-0.2, 0) is 0 Å². The average molecular weight is 266 g/mol. The maximum Gasteiger partial charge on any atom is 0.0122 e. The van der Waals surface area contributed by atoms with Gasteiger partial charge < -0.3 is 4.90 Å². The molecule has 0 unspecified atom stereocenters. The Morgan fingerprint density at radius 2 is 1.42 bits per heavy atom. The van der Waals surface area contributed by atoms with Crippen LogP contribution in [0.2, 0.25) is 0 Å². The van der Waals surface area contributed by atoms with Crippen LogP contribution in [-0.4, -0.2) is 48.1 Å². The molecule has 0 amide bonds. The van der Waals surface area contributed by atoms with E-state index in [2.05, 4.69) is 30.6 Å². The van der Waals surface area contributed by atoms with Crippen molar-refractivity contribution >= 4 is 0 Å². The van der Waals surface area contributed by atoms with Crippen molar-refractivity contribution in [1.82, 2.24) is 9.80 Å². The van der Waals surface area contributed by atoms with E-state index < -0.39 is 0 Å². The molecule has 2 aliphatic rings. The van der Waals surface area contributed by atoms with Gasteiger partial charge >= 0.3 is 0 Å². The van der Waals surface area contributed by atoms with E-state index in [0.29, 0.717) is 0 Å². The minimum absolute atomic E-state index is 0.871. The molecular formula is C17H34N2. The van der Waals surface area contributed by atoms with E-state index in [9.17, 15) is 0 Å². The lowest BCUT2D eigenvalue weighted by Gasteiger charge is -2.44. The Morgan fingerprint density at radius 3 is 1.89 bits per heavy atom. The van der Waals surface area contributed by atoms with Crippen molar-refractivity contribution in [3.8, 4) is 0 Å². The Kier molecular flexibility index (Phi) is 6.15. The second-order valence-corrected chi connectivity index (χ2v) is 6.58. The lowest BCUT2D eigenvalue weighted by atomic mass is 9.83. The maximum atomic E-state index is 2.86. The Hall–Kier alpha value is -0.0800. The highest BCUT2D eigenvalue weighted by Gasteiger charge is 2.30. The number of hydrogen-bond donors (Lipinski definition) is 0. The summed E-state index contributed by atoms with van der Waals surface area (Å²) in [6.07, 6.45) is 10.1. The van der Waals surface area contributed by atoms with E-state index in [1.165, 1.54) is 71.1 Å². The molecule has 112 valence electrons. The molecule has 1 aliphatic heterocycles. The Balaban J connectivity index is 1.83. The molecule has 2 rings (SSSR count). The first-order chi connectivity index (χ1) is 9.28. The second-order valence-electron chi connectivity index (χ2n) is 6.58. The molecule has 0 atom stereocenters. The minimum atomic E-state index is 0.871. The SMILES string of the molecule is CCC1CCC(N(CC)C2CCN(CC)CC2)CC1. The summed E-state index contributed by atoms with van der Waals surface area (Å²) in [5.74, 6) is 1.02. The van der Waals surface area contributed by atoms with Crippen LogP contribution in [0.25, 0.3) is 0 Å². The van der Waals surface area contributed by atoms with Crippen LogP contribution in [0.1, 0.15) is 65.7 Å². The van der Waals surface area contributed by atoms with Gasteiger partial charge in [0.1, 0.15) is 0 Å². The quantitative estimate of drug-likeness (QED) is 0.747. The highest BCUT2D eigenvalue weighted by molar-refractivity contribution is 4.86. The van der Waals surface area contributed by atoms with Gasteiger partial charge in [-0.05, 0) is 70.6 Å². The summed E-state index contributed by atoms with van der Waals surface area (Å²) >= 11 is 0. The van der Waals surface area contributed by atoms with Gasteiger partial charge in [-0.15, -0.1) is 0 Å². The van der Waals surface area contributed by atoms with E-state index in [1.54, 1.807) is 0 Å². The third kappa shape index (κ3) is 3.95. The third-order valence-corrected chi connectivity index (χ3v) is 5.70. The monoisotopic (exact) mass is 266 g/mol. The first kappa shape index (κ1) is 15.3. The predicted octanol–water partition coefficient (Wildman–Crippen LogP) is 3.76. The van der Waals surface area contributed by atoms with Gasteiger partial charge in [0.15, 0.2) is 0 Å². The fourth-order valence-corrected chi connectivity index (χ4v) is 4.27. The zero-order chi connectivity index (χ0) is 13.7. The Labute approximate surface area is 120 Å². The van der Waals surface area contributed by atoms with Crippen molar-refractivity contribution in [2.75, 3.05) is 26.2 Å². The van der Waals surface area contributed by atoms with E-state index in [1.807, 2.05) is 0 Å². The van der Waals surface area contributed by atoms with E-state index in [-0.39, 0.29) is 0 Å². The second kappa shape index (κ2) is 7.64. The van der Waals surface area contributed by atoms with Crippen molar-refractivity contribution < 1.29 is 0 Å². The number of hydrogen-bond acceptors (Lipinski definition) is 2. The molecule has 0 bridgehead atoms. The van der Waals surface area contributed by atoms with E-state index in [4.69, 9.17) is 0 Å². The molecular weight excluding hydrogens is 232 g/mol. The van der Waals surface area contributed by atoms with Gasteiger partial charge in [-0.2, -0.15) is 0 Å². The molecule has 1 saturated heterocycles. The first-order valence-corrected chi connectivity index (χ1v) is 8.76. The van der Waals surface area contributed by atoms with Crippen LogP contribution in [0.15, 0.2) is 0 Å². The van der Waals surface area contributed by atoms with E-state index >= 15 is 0 Å². The molecule has 19 heavy (non-hydrogen) atoms. The van der Waals surface area contributed by atoms with E-state index in [0.717, 1.165) is 18.0 Å². The fourth-order valence-electron chi connectivity index (χ4n) is 4.27. The number of nitrogens with zero attached hydrogens (tertiary/aromatic N) is 2. The lowest BCUT2D eigenvalue weighted by Crippen LogP contribution is -2.49. The van der Waals surface area contributed by atoms with Gasteiger partial charge in [-0.3, -0.25) is 4.90 Å². The molecule has 0 aromatic rings. The van der Waals surface area contributed by atoms with Crippen LogP contribution in [0.4, 0.5) is 0 Å². The summed E-state index contributed by atoms with van der Waals surface area (Å²) < 4.78 is 0. The molecule has 1 aliphatic carbocycles. The van der Waals surface area contributed by atoms with Gasteiger partial charge in [0.2, 0.25) is 0 Å². The van der Waals surface area contributed by atoms with Crippen molar-refractivity contribution in [3.05, 3.63) is 0 Å². The highest BCUT2D eigenvalue weighted by atomic mass is 15.2. The minimum Gasteiger partial charge on any atom is -0.303 e. The third-order valence-electron chi connectivity index (χ3n) is 5.70. The van der Waals surface area contributed by atoms with Gasteiger partial charge in [-0.25, -0.2) is 0 Å². The van der Waals surface area contributed by atoms with Gasteiger partial charge in [0, 0.05) is 12.1 Å². The largest absolute Gasteiger partial charge is 0.303 e. The van der Waals surface area contributed by atoms with Crippen molar-refractivity contribution in [1.29, 1.82) is 0 Å². The summed E-state index contributed by atoms with van der Waals surface area (Å²) in [7, 11) is 0. The summed E-state index contributed by atoms with van der Waals surface area (Å²) in [4.78, 5) is 5.47. The van der Waals surface area contributed by atoms with Gasteiger partial charge in [0.05, 0.1) is 0 Å². The van der Waals surface area contributed by atoms with Crippen LogP contribution in [0.3, 0.4) is 0 Å². The fraction of sp³-hybridized carbons (Fsp3) is 1.00. The molecule has 0 radical (unpaired) electrons. The number of likely N-dealkylation sites (tertiary alicyclic amines) is 1. The zero-order valence-electron chi connectivity index (χ0n) is 13.4. The van der Waals surface area contributed by atoms with Gasteiger partial charge in [-0.1, -0.05) is 27.2 Å². The maximum absolute atomic E-state index is 2.86. The summed E-state index contributed by atoms with van der Waals surface area (Å²) in [5.41, 5.74) is 0. The van der Waals surface area contributed by atoms with Crippen LogP contribution in [0.5, 0.6) is 0 Å². The van der Waals surface area contributed by atoms with Crippen LogP contribution >= 0.6 is 0 Å². The van der Waals surface area contributed by atoms with Crippen LogP contribution in [0, 0.1) is 5.92 Å². The highest BCUT2D eigenvalue weighted by Crippen LogP contribution is 2.31. The van der Waals surface area contributed by atoms with Crippen molar-refractivity contribution in [2.24, 2.45) is 5.92 Å². The Morgan fingerprint density at radius 1 is 0.842 bits per heavy atom. The molecule has 1 heterocycles. The normalized spacial score (nSPS) is 30.9. The lowest BCUT2D eigenvalue weighted by molar-refractivity contribution is 0.0553. The van der Waals surface area contributed by atoms with Crippen LogP contribution < -0.4 is 0 Å². The summed E-state index contributed by atoms with van der Waals surface area (Å²) in [6.45, 7) is 12.2.